The molecule has 1 aliphatic heterocycles. The van der Waals surface area contributed by atoms with Crippen molar-refractivity contribution in [3.63, 3.8) is 0 Å². The van der Waals surface area contributed by atoms with Crippen molar-refractivity contribution in [2.75, 3.05) is 0 Å². The van der Waals surface area contributed by atoms with Crippen molar-refractivity contribution in [2.24, 2.45) is 4.99 Å². The predicted molar refractivity (Wildman–Crippen MR) is 107 cm³/mol. The largest absolute Gasteiger partial charge is 0.433 e. The molecule has 0 N–H and O–H groups in total. The van der Waals surface area contributed by atoms with Crippen LogP contribution in [0.2, 0.25) is 0 Å². The Bertz CT molecular complexity index is 1190. The lowest BCUT2D eigenvalue weighted by molar-refractivity contribution is -0.141. The summed E-state index contributed by atoms with van der Waals surface area (Å²) in [5.74, 6) is -0.201. The fourth-order valence-corrected chi connectivity index (χ4v) is 3.71. The molecule has 158 valence electrons. The van der Waals surface area contributed by atoms with Crippen LogP contribution in [0.5, 0.6) is 0 Å². The number of halogens is 3. The van der Waals surface area contributed by atoms with Gasteiger partial charge in [0.25, 0.3) is 5.91 Å². The Morgan fingerprint density at radius 2 is 1.90 bits per heavy atom. The van der Waals surface area contributed by atoms with Crippen LogP contribution in [0.25, 0.3) is 11.3 Å². The van der Waals surface area contributed by atoms with Crippen LogP contribution < -0.4 is 0 Å². The van der Waals surface area contributed by atoms with Gasteiger partial charge in [0.2, 0.25) is 0 Å². The number of nitrogens with zero attached hydrogens (tertiary/aromatic N) is 5. The smallest absolute Gasteiger partial charge is 0.267 e. The van der Waals surface area contributed by atoms with Gasteiger partial charge in [0, 0.05) is 41.7 Å². The van der Waals surface area contributed by atoms with Crippen molar-refractivity contribution < 1.29 is 18.0 Å². The number of carbonyl (C=O) groups excluding carboxylic acids is 1. The Morgan fingerprint density at radius 1 is 1.10 bits per heavy atom. The number of amides is 1. The van der Waals surface area contributed by atoms with Gasteiger partial charge in [0.15, 0.2) is 0 Å². The van der Waals surface area contributed by atoms with Gasteiger partial charge in [-0.15, -0.1) is 0 Å². The van der Waals surface area contributed by atoms with Gasteiger partial charge in [-0.05, 0) is 56.0 Å². The number of aromatic nitrogens is 4. The highest BCUT2D eigenvalue weighted by Crippen LogP contribution is 2.40. The number of rotatable bonds is 3. The van der Waals surface area contributed by atoms with E-state index in [1.54, 1.807) is 10.9 Å². The molecule has 31 heavy (non-hydrogen) atoms. The van der Waals surface area contributed by atoms with Crippen molar-refractivity contribution >= 4 is 11.6 Å². The van der Waals surface area contributed by atoms with E-state index < -0.39 is 17.8 Å². The molecule has 6 nitrogen and oxygen atoms in total. The van der Waals surface area contributed by atoms with Crippen LogP contribution in [-0.2, 0) is 12.7 Å². The monoisotopic (exact) mass is 425 g/mol. The highest BCUT2D eigenvalue weighted by Gasteiger charge is 2.33. The SMILES string of the molecule is O=C(N=C1CCCn2nc(-c3ccnc(C4CC4)c3)cc21)c1ccnc(C(F)(F)F)c1. The normalized spacial score (nSPS) is 17.6. The van der Waals surface area contributed by atoms with Gasteiger partial charge in [-0.1, -0.05) is 0 Å². The molecule has 0 spiro atoms. The average Bonchev–Trinajstić information content (AvgIpc) is 3.52. The van der Waals surface area contributed by atoms with Crippen LogP contribution in [0.4, 0.5) is 13.2 Å². The van der Waals surface area contributed by atoms with Gasteiger partial charge >= 0.3 is 6.18 Å². The molecule has 0 radical (unpaired) electrons. The Morgan fingerprint density at radius 3 is 2.68 bits per heavy atom. The first-order valence-electron chi connectivity index (χ1n) is 10.1. The summed E-state index contributed by atoms with van der Waals surface area (Å²) in [5, 5.41) is 4.66. The van der Waals surface area contributed by atoms with Crippen molar-refractivity contribution in [3.8, 4) is 11.3 Å². The molecule has 2 aliphatic rings. The number of aryl methyl sites for hydroxylation is 1. The number of pyridine rings is 2. The topological polar surface area (TPSA) is 73.0 Å². The van der Waals surface area contributed by atoms with E-state index in [-0.39, 0.29) is 5.56 Å². The summed E-state index contributed by atoms with van der Waals surface area (Å²) >= 11 is 0. The first-order valence-corrected chi connectivity index (χ1v) is 10.1. The molecule has 1 fully saturated rings. The average molecular weight is 425 g/mol. The van der Waals surface area contributed by atoms with Gasteiger partial charge in [-0.2, -0.15) is 18.3 Å². The molecule has 3 aromatic rings. The Balaban J connectivity index is 1.46. The maximum absolute atomic E-state index is 12.9. The minimum absolute atomic E-state index is 0.144. The Hall–Kier alpha value is -3.36. The number of fused-ring (bicyclic) bond motifs is 1. The van der Waals surface area contributed by atoms with Crippen LogP contribution in [-0.4, -0.2) is 31.4 Å². The van der Waals surface area contributed by atoms with Crippen LogP contribution in [0.3, 0.4) is 0 Å². The third-order valence-corrected chi connectivity index (χ3v) is 5.47. The molecule has 0 saturated heterocycles. The summed E-state index contributed by atoms with van der Waals surface area (Å²) in [7, 11) is 0. The number of alkyl halides is 3. The second-order valence-electron chi connectivity index (χ2n) is 7.78. The standard InChI is InChI=1S/C22H18F3N5O/c23-22(24,25)20-11-15(6-8-27-20)21(31)28-16-2-1-9-30-19(16)12-18(29-30)14-5-7-26-17(10-14)13-3-4-13/h5-8,10-13H,1-4,9H2. The first-order chi connectivity index (χ1) is 14.9. The molecule has 0 aromatic carbocycles. The van der Waals surface area contributed by atoms with E-state index in [0.717, 1.165) is 48.5 Å². The molecule has 0 bridgehead atoms. The molecule has 1 aliphatic carbocycles. The zero-order valence-corrected chi connectivity index (χ0v) is 16.4. The summed E-state index contributed by atoms with van der Waals surface area (Å²) < 4.78 is 40.5. The van der Waals surface area contributed by atoms with Crippen LogP contribution in [0.15, 0.2) is 47.7 Å². The van der Waals surface area contributed by atoms with Gasteiger partial charge in [0.05, 0.1) is 17.1 Å². The summed E-state index contributed by atoms with van der Waals surface area (Å²) in [6, 6.07) is 7.80. The van der Waals surface area contributed by atoms with Crippen LogP contribution in [0, 0.1) is 0 Å². The Labute approximate surface area is 175 Å². The van der Waals surface area contributed by atoms with Crippen molar-refractivity contribution in [1.82, 2.24) is 19.7 Å². The van der Waals surface area contributed by atoms with E-state index in [1.807, 2.05) is 18.2 Å². The molecule has 4 heterocycles. The second kappa shape index (κ2) is 7.40. The van der Waals surface area contributed by atoms with E-state index in [9.17, 15) is 18.0 Å². The van der Waals surface area contributed by atoms with Crippen molar-refractivity contribution in [1.29, 1.82) is 0 Å². The number of hydrogen-bond acceptors (Lipinski definition) is 4. The number of hydrogen-bond donors (Lipinski definition) is 0. The predicted octanol–water partition coefficient (Wildman–Crippen LogP) is 4.66. The van der Waals surface area contributed by atoms with E-state index in [1.165, 1.54) is 6.07 Å². The fraction of sp³-hybridized carbons (Fsp3) is 0.318. The van der Waals surface area contributed by atoms with Gasteiger partial charge < -0.3 is 0 Å². The summed E-state index contributed by atoms with van der Waals surface area (Å²) in [6.45, 7) is 0.691. The Kier molecular flexibility index (Phi) is 4.68. The van der Waals surface area contributed by atoms with E-state index >= 15 is 0 Å². The summed E-state index contributed by atoms with van der Waals surface area (Å²) in [5.41, 5.74) is 2.76. The maximum atomic E-state index is 12.9. The van der Waals surface area contributed by atoms with E-state index in [0.29, 0.717) is 30.3 Å². The van der Waals surface area contributed by atoms with Gasteiger partial charge in [0.1, 0.15) is 5.69 Å². The molecule has 0 unspecified atom stereocenters. The minimum Gasteiger partial charge on any atom is -0.267 e. The molecule has 5 rings (SSSR count). The lowest BCUT2D eigenvalue weighted by atomic mass is 10.1. The zero-order valence-electron chi connectivity index (χ0n) is 16.4. The third-order valence-electron chi connectivity index (χ3n) is 5.47. The molecular formula is C22H18F3N5O. The van der Waals surface area contributed by atoms with Crippen LogP contribution >= 0.6 is 0 Å². The minimum atomic E-state index is -4.62. The summed E-state index contributed by atoms with van der Waals surface area (Å²) in [4.78, 5) is 24.5. The molecule has 3 aromatic heterocycles. The lowest BCUT2D eigenvalue weighted by Gasteiger charge is -2.15. The lowest BCUT2D eigenvalue weighted by Crippen LogP contribution is -2.19. The van der Waals surface area contributed by atoms with Crippen LogP contribution in [0.1, 0.15) is 59.0 Å². The van der Waals surface area contributed by atoms with E-state index in [4.69, 9.17) is 0 Å². The number of aliphatic imine (C=N–C) groups is 1. The molecule has 1 saturated carbocycles. The molecule has 1 amide bonds. The van der Waals surface area contributed by atoms with Gasteiger partial charge in [-0.25, -0.2) is 4.99 Å². The first kappa shape index (κ1) is 19.6. The third kappa shape index (κ3) is 3.99. The molecule has 0 atom stereocenters. The highest BCUT2D eigenvalue weighted by molar-refractivity contribution is 6.10. The summed E-state index contributed by atoms with van der Waals surface area (Å²) in [6.07, 6.45) is 1.74. The quantitative estimate of drug-likeness (QED) is 0.612. The molecular weight excluding hydrogens is 407 g/mol. The molecule has 9 heteroatoms. The van der Waals surface area contributed by atoms with Crippen molar-refractivity contribution in [3.05, 3.63) is 65.4 Å². The fourth-order valence-electron chi connectivity index (χ4n) is 3.71. The van der Waals surface area contributed by atoms with Gasteiger partial charge in [-0.3, -0.25) is 19.4 Å². The zero-order chi connectivity index (χ0) is 21.6. The van der Waals surface area contributed by atoms with E-state index in [2.05, 4.69) is 20.1 Å². The number of carbonyl (C=O) groups is 1. The maximum Gasteiger partial charge on any atom is 0.433 e. The van der Waals surface area contributed by atoms with Crippen molar-refractivity contribution in [2.45, 2.75) is 44.3 Å². The highest BCUT2D eigenvalue weighted by atomic mass is 19.4. The second-order valence-corrected chi connectivity index (χ2v) is 7.78.